The maximum atomic E-state index is 5.96. The molecule has 0 spiro atoms. The van der Waals surface area contributed by atoms with Crippen LogP contribution in [-0.2, 0) is 0 Å². The zero-order valence-corrected chi connectivity index (χ0v) is 10.1. The van der Waals surface area contributed by atoms with Gasteiger partial charge in [-0.1, -0.05) is 24.3 Å². The quantitative estimate of drug-likeness (QED) is 0.508. The molecule has 0 radical (unpaired) electrons. The van der Waals surface area contributed by atoms with Crippen LogP contribution < -0.4 is 0 Å². The first-order valence-electron chi connectivity index (χ1n) is 6.10. The van der Waals surface area contributed by atoms with Crippen molar-refractivity contribution in [3.8, 4) is 11.3 Å². The number of pyridine rings is 2. The minimum Gasteiger partial charge on any atom is -0.455 e. The number of hydrogen-bond donors (Lipinski definition) is 0. The van der Waals surface area contributed by atoms with Crippen molar-refractivity contribution >= 4 is 21.9 Å². The Hall–Kier alpha value is -2.68. The molecule has 0 saturated carbocycles. The van der Waals surface area contributed by atoms with Crippen LogP contribution in [0, 0.1) is 0 Å². The summed E-state index contributed by atoms with van der Waals surface area (Å²) in [6.45, 7) is 0. The first-order valence-corrected chi connectivity index (χ1v) is 6.10. The highest BCUT2D eigenvalue weighted by atomic mass is 16.3. The molecule has 3 heteroatoms. The maximum absolute atomic E-state index is 5.96. The summed E-state index contributed by atoms with van der Waals surface area (Å²) < 4.78 is 5.96. The fourth-order valence-corrected chi connectivity index (χ4v) is 2.34. The van der Waals surface area contributed by atoms with Gasteiger partial charge in [-0.05, 0) is 18.2 Å². The van der Waals surface area contributed by atoms with Crippen molar-refractivity contribution in [1.82, 2.24) is 9.97 Å². The molecular weight excluding hydrogens is 236 g/mol. The van der Waals surface area contributed by atoms with Crippen LogP contribution in [0.3, 0.4) is 0 Å². The van der Waals surface area contributed by atoms with Gasteiger partial charge < -0.3 is 4.42 Å². The lowest BCUT2D eigenvalue weighted by atomic mass is 10.1. The fourth-order valence-electron chi connectivity index (χ4n) is 2.34. The Kier molecular flexibility index (Phi) is 2.12. The minimum atomic E-state index is 0.842. The number of rotatable bonds is 1. The largest absolute Gasteiger partial charge is 0.455 e. The van der Waals surface area contributed by atoms with E-state index in [-0.39, 0.29) is 0 Å². The first kappa shape index (κ1) is 10.3. The van der Waals surface area contributed by atoms with Gasteiger partial charge in [0.2, 0.25) is 0 Å². The highest BCUT2D eigenvalue weighted by molar-refractivity contribution is 6.08. The summed E-state index contributed by atoms with van der Waals surface area (Å²) in [4.78, 5) is 8.68. The summed E-state index contributed by atoms with van der Waals surface area (Å²) >= 11 is 0. The van der Waals surface area contributed by atoms with Crippen molar-refractivity contribution in [2.75, 3.05) is 0 Å². The predicted molar refractivity (Wildman–Crippen MR) is 74.7 cm³/mol. The first-order chi connectivity index (χ1) is 9.43. The lowest BCUT2D eigenvalue weighted by molar-refractivity contribution is 0.669. The topological polar surface area (TPSA) is 38.9 Å². The van der Waals surface area contributed by atoms with Crippen molar-refractivity contribution in [1.29, 1.82) is 0 Å². The third kappa shape index (κ3) is 1.52. The molecule has 3 nitrogen and oxygen atoms in total. The standard InChI is InChI=1S/C16H10N2O/c1-2-7-15-11(5-1)12-9-17-10-13(16(12)19-15)14-6-3-4-8-18-14/h1-10H. The van der Waals surface area contributed by atoms with Crippen LogP contribution in [0.4, 0.5) is 0 Å². The Labute approximate surface area is 109 Å². The lowest BCUT2D eigenvalue weighted by Gasteiger charge is -1.99. The van der Waals surface area contributed by atoms with E-state index in [9.17, 15) is 0 Å². The summed E-state index contributed by atoms with van der Waals surface area (Å²) in [5, 5.41) is 2.11. The second kappa shape index (κ2) is 3.92. The highest BCUT2D eigenvalue weighted by Gasteiger charge is 2.12. The van der Waals surface area contributed by atoms with Crippen LogP contribution in [0.1, 0.15) is 0 Å². The van der Waals surface area contributed by atoms with Gasteiger partial charge in [0.25, 0.3) is 0 Å². The number of fused-ring (bicyclic) bond motifs is 3. The highest BCUT2D eigenvalue weighted by Crippen LogP contribution is 2.33. The molecule has 90 valence electrons. The van der Waals surface area contributed by atoms with E-state index in [2.05, 4.69) is 9.97 Å². The Balaban J connectivity index is 2.13. The second-order valence-corrected chi connectivity index (χ2v) is 4.38. The van der Waals surface area contributed by atoms with E-state index in [1.54, 1.807) is 12.4 Å². The van der Waals surface area contributed by atoms with Crippen LogP contribution in [0.25, 0.3) is 33.2 Å². The Morgan fingerprint density at radius 2 is 1.74 bits per heavy atom. The number of benzene rings is 1. The van der Waals surface area contributed by atoms with E-state index >= 15 is 0 Å². The molecule has 3 aromatic heterocycles. The number of hydrogen-bond acceptors (Lipinski definition) is 3. The van der Waals surface area contributed by atoms with Crippen LogP contribution in [0.15, 0.2) is 65.5 Å². The van der Waals surface area contributed by atoms with Gasteiger partial charge in [-0.2, -0.15) is 0 Å². The molecule has 1 aromatic carbocycles. The molecule has 0 aliphatic heterocycles. The molecule has 0 bridgehead atoms. The van der Waals surface area contributed by atoms with E-state index in [0.717, 1.165) is 33.2 Å². The van der Waals surface area contributed by atoms with Crippen molar-refractivity contribution in [3.05, 3.63) is 61.1 Å². The van der Waals surface area contributed by atoms with Gasteiger partial charge >= 0.3 is 0 Å². The molecule has 3 heterocycles. The lowest BCUT2D eigenvalue weighted by Crippen LogP contribution is -1.84. The van der Waals surface area contributed by atoms with Gasteiger partial charge in [-0.15, -0.1) is 0 Å². The number of para-hydroxylation sites is 1. The molecule has 0 unspecified atom stereocenters. The molecular formula is C16H10N2O. The molecule has 4 rings (SSSR count). The zero-order chi connectivity index (χ0) is 12.7. The van der Waals surface area contributed by atoms with Gasteiger partial charge in [-0.3, -0.25) is 9.97 Å². The number of nitrogens with zero attached hydrogens (tertiary/aromatic N) is 2. The van der Waals surface area contributed by atoms with Crippen molar-refractivity contribution in [2.24, 2.45) is 0 Å². The maximum Gasteiger partial charge on any atom is 0.147 e. The van der Waals surface area contributed by atoms with Crippen LogP contribution in [-0.4, -0.2) is 9.97 Å². The molecule has 4 aromatic rings. The van der Waals surface area contributed by atoms with E-state index in [1.165, 1.54) is 0 Å². The number of furan rings is 1. The molecule has 0 saturated heterocycles. The normalized spacial score (nSPS) is 11.2. The molecule has 0 aliphatic rings. The molecule has 0 N–H and O–H groups in total. The second-order valence-electron chi connectivity index (χ2n) is 4.38. The summed E-state index contributed by atoms with van der Waals surface area (Å²) in [5.74, 6) is 0. The minimum absolute atomic E-state index is 0.842. The van der Waals surface area contributed by atoms with Crippen molar-refractivity contribution in [2.45, 2.75) is 0 Å². The molecule has 0 atom stereocenters. The van der Waals surface area contributed by atoms with E-state index in [4.69, 9.17) is 4.42 Å². The van der Waals surface area contributed by atoms with Gasteiger partial charge in [0.05, 0.1) is 11.3 Å². The smallest absolute Gasteiger partial charge is 0.147 e. The number of aromatic nitrogens is 2. The van der Waals surface area contributed by atoms with Crippen LogP contribution in [0.2, 0.25) is 0 Å². The third-order valence-corrected chi connectivity index (χ3v) is 3.23. The Bertz CT molecular complexity index is 866. The summed E-state index contributed by atoms with van der Waals surface area (Å²) in [6, 6.07) is 13.8. The predicted octanol–water partition coefficient (Wildman–Crippen LogP) is 4.04. The van der Waals surface area contributed by atoms with Crippen molar-refractivity contribution < 1.29 is 4.42 Å². The van der Waals surface area contributed by atoms with Gasteiger partial charge in [0.15, 0.2) is 0 Å². The van der Waals surface area contributed by atoms with Gasteiger partial charge in [0, 0.05) is 29.4 Å². The average Bonchev–Trinajstić information content (AvgIpc) is 2.87. The zero-order valence-electron chi connectivity index (χ0n) is 10.1. The van der Waals surface area contributed by atoms with Crippen LogP contribution in [0.5, 0.6) is 0 Å². The summed E-state index contributed by atoms with van der Waals surface area (Å²) in [7, 11) is 0. The van der Waals surface area contributed by atoms with E-state index in [1.807, 2.05) is 48.7 Å². The van der Waals surface area contributed by atoms with Gasteiger partial charge in [0.1, 0.15) is 11.2 Å². The molecule has 0 amide bonds. The van der Waals surface area contributed by atoms with Crippen molar-refractivity contribution in [3.63, 3.8) is 0 Å². The van der Waals surface area contributed by atoms with E-state index < -0.39 is 0 Å². The summed E-state index contributed by atoms with van der Waals surface area (Å²) in [5.41, 5.74) is 3.52. The Morgan fingerprint density at radius 3 is 2.63 bits per heavy atom. The SMILES string of the molecule is c1ccc(-c2cncc3c2oc2ccccc23)nc1. The fraction of sp³-hybridized carbons (Fsp3) is 0. The van der Waals surface area contributed by atoms with Crippen LogP contribution >= 0.6 is 0 Å². The molecule has 19 heavy (non-hydrogen) atoms. The monoisotopic (exact) mass is 246 g/mol. The van der Waals surface area contributed by atoms with Gasteiger partial charge in [-0.25, -0.2) is 0 Å². The van der Waals surface area contributed by atoms with E-state index in [0.29, 0.717) is 0 Å². The molecule has 0 aliphatic carbocycles. The summed E-state index contributed by atoms with van der Waals surface area (Å²) in [6.07, 6.45) is 5.41. The third-order valence-electron chi connectivity index (χ3n) is 3.23. The Morgan fingerprint density at radius 1 is 0.842 bits per heavy atom. The average molecular weight is 246 g/mol. The molecule has 0 fully saturated rings.